The number of aromatic amines is 1. The monoisotopic (exact) mass is 366 g/mol. The number of aromatic nitrogens is 1. The van der Waals surface area contributed by atoms with Crippen LogP contribution in [0.1, 0.15) is 23.6 Å². The van der Waals surface area contributed by atoms with Gasteiger partial charge in [-0.2, -0.15) is 0 Å². The number of hydrogen-bond donors (Lipinski definition) is 1. The molecule has 0 atom stereocenters. The Balaban J connectivity index is 2.01. The summed E-state index contributed by atoms with van der Waals surface area (Å²) >= 11 is 0. The van der Waals surface area contributed by atoms with Crippen molar-refractivity contribution in [3.05, 3.63) is 63.4 Å². The van der Waals surface area contributed by atoms with E-state index in [2.05, 4.69) is 36.7 Å². The van der Waals surface area contributed by atoms with E-state index >= 15 is 0 Å². The first-order chi connectivity index (χ1) is 13.0. The fraction of sp³-hybridized carbons (Fsp3) is 0.318. The van der Waals surface area contributed by atoms with Crippen LogP contribution in [0.25, 0.3) is 10.9 Å². The van der Waals surface area contributed by atoms with Crippen LogP contribution >= 0.6 is 0 Å². The number of nitrogens with one attached hydrogen (secondary N) is 1. The third kappa shape index (κ3) is 3.77. The van der Waals surface area contributed by atoms with Crippen LogP contribution < -0.4 is 19.9 Å². The average molecular weight is 366 g/mol. The zero-order valence-corrected chi connectivity index (χ0v) is 16.6. The molecule has 3 aromatic rings. The van der Waals surface area contributed by atoms with Gasteiger partial charge in [-0.25, -0.2) is 0 Å². The van der Waals surface area contributed by atoms with Gasteiger partial charge < -0.3 is 19.4 Å². The largest absolute Gasteiger partial charge is 0.497 e. The molecule has 2 aromatic carbocycles. The van der Waals surface area contributed by atoms with Gasteiger partial charge in [0, 0.05) is 30.2 Å². The van der Waals surface area contributed by atoms with Crippen LogP contribution in [0.2, 0.25) is 0 Å². The zero-order chi connectivity index (χ0) is 19.6. The van der Waals surface area contributed by atoms with E-state index in [0.717, 1.165) is 40.2 Å². The number of nitrogens with zero attached hydrogens (tertiary/aromatic N) is 1. The molecular weight excluding hydrogens is 340 g/mol. The van der Waals surface area contributed by atoms with Gasteiger partial charge in [-0.3, -0.25) is 4.79 Å². The first-order valence-corrected chi connectivity index (χ1v) is 9.07. The van der Waals surface area contributed by atoms with Crippen LogP contribution in [0.5, 0.6) is 11.5 Å². The van der Waals surface area contributed by atoms with Crippen molar-refractivity contribution < 1.29 is 9.47 Å². The molecule has 0 fully saturated rings. The summed E-state index contributed by atoms with van der Waals surface area (Å²) in [5, 5.41) is 1.05. The number of aryl methyl sites for hydroxylation is 2. The van der Waals surface area contributed by atoms with Gasteiger partial charge in [-0.15, -0.1) is 0 Å². The minimum absolute atomic E-state index is 0.0586. The van der Waals surface area contributed by atoms with E-state index in [1.165, 1.54) is 11.1 Å². The SMILES string of the molecule is CCN(Cc1cc2cc(C)c(C)cc2[nH]c1=O)c1ccc(OC)cc1OC. The van der Waals surface area contributed by atoms with E-state index in [9.17, 15) is 4.79 Å². The summed E-state index contributed by atoms with van der Waals surface area (Å²) in [4.78, 5) is 17.8. The maximum absolute atomic E-state index is 12.6. The number of anilines is 1. The van der Waals surface area contributed by atoms with Gasteiger partial charge in [0.05, 0.1) is 19.9 Å². The van der Waals surface area contributed by atoms with E-state index in [1.807, 2.05) is 30.3 Å². The highest BCUT2D eigenvalue weighted by atomic mass is 16.5. The molecule has 0 aliphatic rings. The van der Waals surface area contributed by atoms with Gasteiger partial charge in [0.25, 0.3) is 5.56 Å². The number of rotatable bonds is 6. The van der Waals surface area contributed by atoms with E-state index in [4.69, 9.17) is 9.47 Å². The summed E-state index contributed by atoms with van der Waals surface area (Å²) in [6.07, 6.45) is 0. The number of pyridine rings is 1. The first-order valence-electron chi connectivity index (χ1n) is 9.07. The van der Waals surface area contributed by atoms with Crippen LogP contribution in [0.3, 0.4) is 0 Å². The Morgan fingerprint density at radius 1 is 1.00 bits per heavy atom. The molecule has 0 aliphatic heterocycles. The fourth-order valence-corrected chi connectivity index (χ4v) is 3.26. The molecule has 0 bridgehead atoms. The normalized spacial score (nSPS) is 10.9. The van der Waals surface area contributed by atoms with Crippen LogP contribution in [0.15, 0.2) is 41.2 Å². The zero-order valence-electron chi connectivity index (χ0n) is 16.6. The molecular formula is C22H26N2O3. The molecule has 0 amide bonds. The minimum atomic E-state index is -0.0586. The van der Waals surface area contributed by atoms with Crippen molar-refractivity contribution in [2.45, 2.75) is 27.3 Å². The Kier molecular flexibility index (Phi) is 5.40. The molecule has 0 radical (unpaired) electrons. The number of ether oxygens (including phenoxy) is 2. The van der Waals surface area contributed by atoms with Crippen molar-refractivity contribution in [2.75, 3.05) is 25.7 Å². The van der Waals surface area contributed by atoms with Crippen molar-refractivity contribution in [2.24, 2.45) is 0 Å². The smallest absolute Gasteiger partial charge is 0.253 e. The van der Waals surface area contributed by atoms with Gasteiger partial charge in [-0.1, -0.05) is 0 Å². The van der Waals surface area contributed by atoms with Gasteiger partial charge in [-0.05, 0) is 67.6 Å². The van der Waals surface area contributed by atoms with Gasteiger partial charge in [0.2, 0.25) is 0 Å². The summed E-state index contributed by atoms with van der Waals surface area (Å²) in [6, 6.07) is 11.9. The standard InChI is InChI=1S/C22H26N2O3/c1-6-24(20-8-7-18(26-4)12-21(20)27-5)13-17-11-16-9-14(2)15(3)10-19(16)23-22(17)25/h7-12H,6,13H2,1-5H3,(H,23,25). The van der Waals surface area contributed by atoms with Crippen LogP contribution in [0.4, 0.5) is 5.69 Å². The molecule has 5 heteroatoms. The molecule has 1 heterocycles. The van der Waals surface area contributed by atoms with Gasteiger partial charge >= 0.3 is 0 Å². The lowest BCUT2D eigenvalue weighted by atomic mass is 10.0. The molecule has 27 heavy (non-hydrogen) atoms. The minimum Gasteiger partial charge on any atom is -0.497 e. The summed E-state index contributed by atoms with van der Waals surface area (Å²) in [6.45, 7) is 7.44. The van der Waals surface area contributed by atoms with Crippen LogP contribution in [0, 0.1) is 13.8 Å². The summed E-state index contributed by atoms with van der Waals surface area (Å²) in [5.74, 6) is 1.46. The lowest BCUT2D eigenvalue weighted by molar-refractivity contribution is 0.394. The van der Waals surface area contributed by atoms with Crippen molar-refractivity contribution >= 4 is 16.6 Å². The number of hydrogen-bond acceptors (Lipinski definition) is 4. The number of H-pyrrole nitrogens is 1. The van der Waals surface area contributed by atoms with Crippen molar-refractivity contribution in [1.29, 1.82) is 0 Å². The lowest BCUT2D eigenvalue weighted by Gasteiger charge is -2.25. The second-order valence-corrected chi connectivity index (χ2v) is 6.70. The van der Waals surface area contributed by atoms with E-state index < -0.39 is 0 Å². The van der Waals surface area contributed by atoms with Crippen LogP contribution in [-0.2, 0) is 6.54 Å². The van der Waals surface area contributed by atoms with E-state index in [1.54, 1.807) is 14.2 Å². The summed E-state index contributed by atoms with van der Waals surface area (Å²) in [7, 11) is 3.27. The van der Waals surface area contributed by atoms with Gasteiger partial charge in [0.1, 0.15) is 11.5 Å². The Bertz CT molecular complexity index is 1020. The maximum Gasteiger partial charge on any atom is 0.253 e. The molecule has 3 rings (SSSR count). The highest BCUT2D eigenvalue weighted by Crippen LogP contribution is 2.33. The third-order valence-corrected chi connectivity index (χ3v) is 5.01. The molecule has 1 aromatic heterocycles. The first kappa shape index (κ1) is 18.8. The second kappa shape index (κ2) is 7.74. The van der Waals surface area contributed by atoms with Crippen molar-refractivity contribution in [3.63, 3.8) is 0 Å². The Morgan fingerprint density at radius 3 is 2.41 bits per heavy atom. The molecule has 0 saturated carbocycles. The molecule has 0 spiro atoms. The molecule has 0 aliphatic carbocycles. The number of fused-ring (bicyclic) bond motifs is 1. The maximum atomic E-state index is 12.6. The topological polar surface area (TPSA) is 54.6 Å². The summed E-state index contributed by atoms with van der Waals surface area (Å²) in [5.41, 5.74) is 4.85. The highest BCUT2D eigenvalue weighted by Gasteiger charge is 2.14. The molecule has 5 nitrogen and oxygen atoms in total. The number of benzene rings is 2. The van der Waals surface area contributed by atoms with Crippen LogP contribution in [-0.4, -0.2) is 25.7 Å². The van der Waals surface area contributed by atoms with Gasteiger partial charge in [0.15, 0.2) is 0 Å². The Morgan fingerprint density at radius 2 is 1.74 bits per heavy atom. The summed E-state index contributed by atoms with van der Waals surface area (Å²) < 4.78 is 10.8. The Labute approximate surface area is 159 Å². The number of methoxy groups -OCH3 is 2. The molecule has 0 unspecified atom stereocenters. The quantitative estimate of drug-likeness (QED) is 0.711. The van der Waals surface area contributed by atoms with E-state index in [-0.39, 0.29) is 5.56 Å². The predicted octanol–water partition coefficient (Wildman–Crippen LogP) is 4.19. The highest BCUT2D eigenvalue weighted by molar-refractivity contribution is 5.80. The predicted molar refractivity (Wildman–Crippen MR) is 110 cm³/mol. The molecule has 0 saturated heterocycles. The fourth-order valence-electron chi connectivity index (χ4n) is 3.26. The second-order valence-electron chi connectivity index (χ2n) is 6.70. The van der Waals surface area contributed by atoms with Crippen molar-refractivity contribution in [3.8, 4) is 11.5 Å². The van der Waals surface area contributed by atoms with E-state index in [0.29, 0.717) is 6.54 Å². The molecule has 142 valence electrons. The lowest BCUT2D eigenvalue weighted by Crippen LogP contribution is -2.27. The average Bonchev–Trinajstić information content (AvgIpc) is 2.67. The molecule has 1 N–H and O–H groups in total. The Hall–Kier alpha value is -2.95. The third-order valence-electron chi connectivity index (χ3n) is 5.01. The van der Waals surface area contributed by atoms with Crippen molar-refractivity contribution in [1.82, 2.24) is 4.98 Å².